The van der Waals surface area contributed by atoms with Crippen LogP contribution in [-0.4, -0.2) is 46.5 Å². The second-order valence-electron chi connectivity index (χ2n) is 5.65. The molecule has 2 rings (SSSR count). The van der Waals surface area contributed by atoms with Gasteiger partial charge in [-0.05, 0) is 32.1 Å². The van der Waals surface area contributed by atoms with E-state index >= 15 is 0 Å². The van der Waals surface area contributed by atoms with Gasteiger partial charge in [0.05, 0.1) is 11.4 Å². The summed E-state index contributed by atoms with van der Waals surface area (Å²) >= 11 is 0. The van der Waals surface area contributed by atoms with Gasteiger partial charge in [0.1, 0.15) is 4.90 Å². The van der Waals surface area contributed by atoms with Gasteiger partial charge in [-0.2, -0.15) is 0 Å². The van der Waals surface area contributed by atoms with E-state index in [0.29, 0.717) is 12.0 Å². The fourth-order valence-electron chi connectivity index (χ4n) is 2.87. The maximum Gasteiger partial charge on any atom is 0.240 e. The van der Waals surface area contributed by atoms with Gasteiger partial charge in [-0.3, -0.25) is 0 Å². The van der Waals surface area contributed by atoms with Gasteiger partial charge in [0, 0.05) is 19.1 Å². The molecular weight excluding hydrogens is 276 g/mol. The fraction of sp³-hybridized carbons (Fsp3) is 0.538. The largest absolute Gasteiger partial charge is 0.396 e. The van der Waals surface area contributed by atoms with Crippen molar-refractivity contribution in [3.63, 3.8) is 0 Å². The van der Waals surface area contributed by atoms with Gasteiger partial charge in [0.2, 0.25) is 10.0 Å². The van der Waals surface area contributed by atoms with Crippen LogP contribution in [0.4, 0.5) is 11.4 Å². The summed E-state index contributed by atoms with van der Waals surface area (Å²) in [5.41, 5.74) is 6.98. The molecule has 0 spiro atoms. The predicted octanol–water partition coefficient (Wildman–Crippen LogP) is 0.303. The van der Waals surface area contributed by atoms with Crippen LogP contribution >= 0.6 is 0 Å². The Hall–Kier alpha value is -1.31. The number of sulfonamides is 1. The Kier molecular flexibility index (Phi) is 3.95. The molecular formula is C13H22N4O2S. The zero-order valence-electron chi connectivity index (χ0n) is 12.1. The molecule has 1 heterocycles. The highest BCUT2D eigenvalue weighted by Gasteiger charge is 2.32. The van der Waals surface area contributed by atoms with Crippen LogP contribution in [0.5, 0.6) is 0 Å². The lowest BCUT2D eigenvalue weighted by Gasteiger charge is -2.24. The van der Waals surface area contributed by atoms with Crippen molar-refractivity contribution in [3.8, 4) is 0 Å². The highest BCUT2D eigenvalue weighted by Crippen LogP contribution is 2.33. The van der Waals surface area contributed by atoms with Crippen LogP contribution in [0.3, 0.4) is 0 Å². The van der Waals surface area contributed by atoms with Gasteiger partial charge in [0.25, 0.3) is 0 Å². The lowest BCUT2D eigenvalue weighted by Crippen LogP contribution is -2.34. The van der Waals surface area contributed by atoms with Crippen molar-refractivity contribution in [2.45, 2.75) is 17.9 Å². The minimum Gasteiger partial charge on any atom is -0.396 e. The van der Waals surface area contributed by atoms with Gasteiger partial charge < -0.3 is 15.5 Å². The second kappa shape index (κ2) is 5.23. The topological polar surface area (TPSA) is 92.7 Å². The number of hydrogen-bond acceptors (Lipinski definition) is 5. The molecule has 0 aromatic heterocycles. The van der Waals surface area contributed by atoms with Crippen molar-refractivity contribution in [1.82, 2.24) is 4.90 Å². The summed E-state index contributed by atoms with van der Waals surface area (Å²) in [6.45, 7) is 3.86. The Bertz CT molecular complexity index is 600. The average Bonchev–Trinajstić information content (AvgIpc) is 2.70. The van der Waals surface area contributed by atoms with Gasteiger partial charge >= 0.3 is 0 Å². The molecule has 1 fully saturated rings. The molecule has 1 aliphatic heterocycles. The monoisotopic (exact) mass is 298 g/mol. The standard InChI is InChI=1S/C13H22N4O2S/c1-9-7-17(8-11(9)16(2)3)10-5-4-6-12(13(10)14)20(15,18)19/h4-6,9,11H,7-8,14H2,1-3H3,(H2,15,18,19). The fourth-order valence-corrected chi connectivity index (χ4v) is 3.55. The number of rotatable bonds is 3. The highest BCUT2D eigenvalue weighted by atomic mass is 32.2. The van der Waals surface area contributed by atoms with Crippen LogP contribution in [0, 0.1) is 5.92 Å². The van der Waals surface area contributed by atoms with Crippen molar-refractivity contribution >= 4 is 21.4 Å². The van der Waals surface area contributed by atoms with E-state index in [9.17, 15) is 8.42 Å². The van der Waals surface area contributed by atoms with Crippen LogP contribution in [0.25, 0.3) is 0 Å². The first-order valence-electron chi connectivity index (χ1n) is 6.54. The summed E-state index contributed by atoms with van der Waals surface area (Å²) in [6, 6.07) is 5.39. The normalized spacial score (nSPS) is 23.6. The Labute approximate surface area is 120 Å². The summed E-state index contributed by atoms with van der Waals surface area (Å²) in [7, 11) is 0.310. The Morgan fingerprint density at radius 2 is 1.95 bits per heavy atom. The molecule has 1 aromatic carbocycles. The number of nitrogens with zero attached hydrogens (tertiary/aromatic N) is 2. The predicted molar refractivity (Wildman–Crippen MR) is 81.1 cm³/mol. The Morgan fingerprint density at radius 3 is 2.45 bits per heavy atom. The third-order valence-electron chi connectivity index (χ3n) is 3.93. The third-order valence-corrected chi connectivity index (χ3v) is 4.90. The molecule has 0 radical (unpaired) electrons. The summed E-state index contributed by atoms with van der Waals surface area (Å²) < 4.78 is 23.1. The molecule has 112 valence electrons. The summed E-state index contributed by atoms with van der Waals surface area (Å²) in [5, 5.41) is 5.19. The maximum absolute atomic E-state index is 11.5. The molecule has 4 N–H and O–H groups in total. The molecule has 6 nitrogen and oxygen atoms in total. The van der Waals surface area contributed by atoms with Crippen molar-refractivity contribution < 1.29 is 8.42 Å². The van der Waals surface area contributed by atoms with E-state index in [1.165, 1.54) is 6.07 Å². The van der Waals surface area contributed by atoms with Crippen LogP contribution < -0.4 is 15.8 Å². The number of para-hydroxylation sites is 1. The van der Waals surface area contributed by atoms with Crippen LogP contribution in [0.15, 0.2) is 23.1 Å². The number of hydrogen-bond donors (Lipinski definition) is 2. The third kappa shape index (κ3) is 2.74. The van der Waals surface area contributed by atoms with Crippen molar-refractivity contribution in [2.24, 2.45) is 11.1 Å². The number of nitrogen functional groups attached to an aromatic ring is 1. The van der Waals surface area contributed by atoms with Gasteiger partial charge in [0.15, 0.2) is 0 Å². The molecule has 7 heteroatoms. The van der Waals surface area contributed by atoms with Crippen molar-refractivity contribution in [2.75, 3.05) is 37.8 Å². The zero-order valence-corrected chi connectivity index (χ0v) is 12.9. The lowest BCUT2D eigenvalue weighted by molar-refractivity contribution is 0.266. The first-order chi connectivity index (χ1) is 9.21. The van der Waals surface area contributed by atoms with E-state index in [0.717, 1.165) is 18.8 Å². The number of anilines is 2. The molecule has 20 heavy (non-hydrogen) atoms. The van der Waals surface area contributed by atoms with Gasteiger partial charge in [-0.25, -0.2) is 13.6 Å². The van der Waals surface area contributed by atoms with E-state index < -0.39 is 10.0 Å². The zero-order chi connectivity index (χ0) is 15.1. The number of likely N-dealkylation sites (N-methyl/N-ethyl adjacent to an activating group) is 1. The molecule has 0 bridgehead atoms. The molecule has 1 saturated heterocycles. The average molecular weight is 298 g/mol. The van der Waals surface area contributed by atoms with Crippen molar-refractivity contribution in [3.05, 3.63) is 18.2 Å². The molecule has 2 unspecified atom stereocenters. The summed E-state index contributed by atoms with van der Waals surface area (Å²) in [5.74, 6) is 0.488. The highest BCUT2D eigenvalue weighted by molar-refractivity contribution is 7.89. The molecule has 1 aliphatic rings. The van der Waals surface area contributed by atoms with Gasteiger partial charge in [-0.1, -0.05) is 13.0 Å². The maximum atomic E-state index is 11.5. The molecule has 0 amide bonds. The van der Waals surface area contributed by atoms with Crippen LogP contribution in [-0.2, 0) is 10.0 Å². The molecule has 0 aliphatic carbocycles. The van der Waals surface area contributed by atoms with E-state index in [1.807, 2.05) is 6.07 Å². The van der Waals surface area contributed by atoms with E-state index in [2.05, 4.69) is 30.8 Å². The van der Waals surface area contributed by atoms with E-state index in [-0.39, 0.29) is 10.6 Å². The Balaban J connectivity index is 2.36. The smallest absolute Gasteiger partial charge is 0.240 e. The van der Waals surface area contributed by atoms with Gasteiger partial charge in [-0.15, -0.1) is 0 Å². The second-order valence-corrected chi connectivity index (χ2v) is 7.18. The SMILES string of the molecule is CC1CN(c2cccc(S(N)(=O)=O)c2N)CC1N(C)C. The molecule has 1 aromatic rings. The lowest BCUT2D eigenvalue weighted by atomic mass is 10.1. The van der Waals surface area contributed by atoms with Crippen LogP contribution in [0.1, 0.15) is 6.92 Å². The number of nitrogens with two attached hydrogens (primary N) is 2. The minimum atomic E-state index is -3.79. The number of benzene rings is 1. The first-order valence-corrected chi connectivity index (χ1v) is 8.09. The summed E-state index contributed by atoms with van der Waals surface area (Å²) in [6.07, 6.45) is 0. The van der Waals surface area contributed by atoms with E-state index in [4.69, 9.17) is 10.9 Å². The molecule has 0 saturated carbocycles. The van der Waals surface area contributed by atoms with Crippen molar-refractivity contribution in [1.29, 1.82) is 0 Å². The minimum absolute atomic E-state index is 0.00374. The number of primary sulfonamides is 1. The Morgan fingerprint density at radius 1 is 1.30 bits per heavy atom. The quantitative estimate of drug-likeness (QED) is 0.783. The first kappa shape index (κ1) is 15.1. The van der Waals surface area contributed by atoms with Crippen LogP contribution in [0.2, 0.25) is 0 Å². The van der Waals surface area contributed by atoms with E-state index in [1.54, 1.807) is 6.07 Å². The molecule has 2 atom stereocenters. The summed E-state index contributed by atoms with van der Waals surface area (Å²) in [4.78, 5) is 4.31.